The minimum atomic E-state index is 0.224. The van der Waals surface area contributed by atoms with Gasteiger partial charge in [-0.1, -0.05) is 19.3 Å². The third-order valence-corrected chi connectivity index (χ3v) is 6.42. The maximum atomic E-state index is 9.50. The first-order valence-electron chi connectivity index (χ1n) is 11.1. The standard InChI is InChI=1S/C21H40N4O/c1-2-22-20(24-17-21(12-15-26)10-4-3-5-11-21)23-13-14-25(19-8-9-19)16-18-6-7-18/h18-19,26H,2-17H2,1H3,(H2,22,23,24). The molecule has 0 heterocycles. The van der Waals surface area contributed by atoms with E-state index in [2.05, 4.69) is 22.5 Å². The monoisotopic (exact) mass is 364 g/mol. The maximum Gasteiger partial charge on any atom is 0.191 e. The number of nitrogens with zero attached hydrogens (tertiary/aromatic N) is 2. The van der Waals surface area contributed by atoms with Crippen LogP contribution in [0.25, 0.3) is 0 Å². The van der Waals surface area contributed by atoms with Crippen LogP contribution >= 0.6 is 0 Å². The predicted molar refractivity (Wildman–Crippen MR) is 109 cm³/mol. The van der Waals surface area contributed by atoms with Crippen LogP contribution in [0.2, 0.25) is 0 Å². The van der Waals surface area contributed by atoms with Gasteiger partial charge in [0.1, 0.15) is 0 Å². The van der Waals surface area contributed by atoms with Crippen LogP contribution in [0.15, 0.2) is 4.99 Å². The van der Waals surface area contributed by atoms with Crippen LogP contribution < -0.4 is 10.6 Å². The molecule has 0 aromatic rings. The zero-order valence-corrected chi connectivity index (χ0v) is 16.8. The van der Waals surface area contributed by atoms with E-state index in [4.69, 9.17) is 4.99 Å². The van der Waals surface area contributed by atoms with Crippen LogP contribution in [-0.2, 0) is 0 Å². The van der Waals surface area contributed by atoms with Crippen molar-refractivity contribution in [2.75, 3.05) is 39.3 Å². The van der Waals surface area contributed by atoms with Gasteiger partial charge in [0.15, 0.2) is 5.96 Å². The first kappa shape index (κ1) is 19.9. The first-order valence-corrected chi connectivity index (χ1v) is 11.1. The van der Waals surface area contributed by atoms with Gasteiger partial charge in [-0.25, -0.2) is 0 Å². The van der Waals surface area contributed by atoms with Crippen LogP contribution in [0.4, 0.5) is 0 Å². The molecule has 3 fully saturated rings. The van der Waals surface area contributed by atoms with E-state index < -0.39 is 0 Å². The number of hydrogen-bond donors (Lipinski definition) is 3. The largest absolute Gasteiger partial charge is 0.396 e. The van der Waals surface area contributed by atoms with Gasteiger partial charge in [0.05, 0.1) is 0 Å². The summed E-state index contributed by atoms with van der Waals surface area (Å²) in [5.74, 6) is 1.93. The second-order valence-electron chi connectivity index (χ2n) is 8.83. The highest BCUT2D eigenvalue weighted by molar-refractivity contribution is 5.79. The van der Waals surface area contributed by atoms with Crippen molar-refractivity contribution in [1.29, 1.82) is 0 Å². The quantitative estimate of drug-likeness (QED) is 0.390. The number of hydrogen-bond acceptors (Lipinski definition) is 3. The molecule has 0 bridgehead atoms. The van der Waals surface area contributed by atoms with Gasteiger partial charge in [-0.3, -0.25) is 9.89 Å². The average molecular weight is 365 g/mol. The topological polar surface area (TPSA) is 59.9 Å². The molecular weight excluding hydrogens is 324 g/mol. The molecule has 0 aromatic heterocycles. The summed E-state index contributed by atoms with van der Waals surface area (Å²) in [5, 5.41) is 16.5. The Morgan fingerprint density at radius 2 is 1.88 bits per heavy atom. The van der Waals surface area contributed by atoms with E-state index in [0.29, 0.717) is 0 Å². The molecule has 0 aromatic carbocycles. The second-order valence-corrected chi connectivity index (χ2v) is 8.83. The Hall–Kier alpha value is -0.810. The van der Waals surface area contributed by atoms with Crippen LogP contribution in [0.5, 0.6) is 0 Å². The van der Waals surface area contributed by atoms with Crippen LogP contribution in [0.3, 0.4) is 0 Å². The zero-order chi connectivity index (χ0) is 18.2. The van der Waals surface area contributed by atoms with Gasteiger partial charge in [0.2, 0.25) is 0 Å². The molecule has 150 valence electrons. The SMILES string of the molecule is CCNC(=NCC1(CCO)CCCCC1)NCCN(CC1CC1)C1CC1. The molecule has 0 spiro atoms. The normalized spacial score (nSPS) is 23.3. The summed E-state index contributed by atoms with van der Waals surface area (Å²) in [6, 6.07) is 0.854. The Bertz CT molecular complexity index is 434. The summed E-state index contributed by atoms with van der Waals surface area (Å²) in [6.45, 7) is 7.57. The van der Waals surface area contributed by atoms with Crippen molar-refractivity contribution < 1.29 is 5.11 Å². The van der Waals surface area contributed by atoms with E-state index in [-0.39, 0.29) is 12.0 Å². The second kappa shape index (κ2) is 9.93. The summed E-state index contributed by atoms with van der Waals surface area (Å²) in [6.07, 6.45) is 12.9. The van der Waals surface area contributed by atoms with E-state index in [1.54, 1.807) is 0 Å². The molecule has 26 heavy (non-hydrogen) atoms. The summed E-state index contributed by atoms with van der Waals surface area (Å²) in [4.78, 5) is 7.62. The molecule has 3 aliphatic rings. The molecule has 5 heteroatoms. The molecule has 3 rings (SSSR count). The lowest BCUT2D eigenvalue weighted by Crippen LogP contribution is -2.43. The Balaban J connectivity index is 1.47. The highest BCUT2D eigenvalue weighted by Crippen LogP contribution is 2.39. The minimum Gasteiger partial charge on any atom is -0.396 e. The number of aliphatic hydroxyl groups is 1. The highest BCUT2D eigenvalue weighted by atomic mass is 16.3. The number of aliphatic imine (C=N–C) groups is 1. The van der Waals surface area contributed by atoms with Crippen LogP contribution in [0.1, 0.15) is 71.1 Å². The van der Waals surface area contributed by atoms with Gasteiger partial charge >= 0.3 is 0 Å². The molecule has 0 saturated heterocycles. The van der Waals surface area contributed by atoms with E-state index >= 15 is 0 Å². The van der Waals surface area contributed by atoms with E-state index in [1.807, 2.05) is 0 Å². The van der Waals surface area contributed by atoms with Crippen molar-refractivity contribution >= 4 is 5.96 Å². The van der Waals surface area contributed by atoms with Crippen molar-refractivity contribution in [2.45, 2.75) is 77.2 Å². The number of aliphatic hydroxyl groups excluding tert-OH is 1. The summed E-state index contributed by atoms with van der Waals surface area (Å²) >= 11 is 0. The lowest BCUT2D eigenvalue weighted by Gasteiger charge is -2.35. The molecular formula is C21H40N4O. The molecule has 0 atom stereocenters. The van der Waals surface area contributed by atoms with Crippen molar-refractivity contribution in [2.24, 2.45) is 16.3 Å². The zero-order valence-electron chi connectivity index (χ0n) is 16.8. The smallest absolute Gasteiger partial charge is 0.191 e. The molecule has 0 radical (unpaired) electrons. The van der Waals surface area contributed by atoms with Crippen molar-refractivity contribution in [1.82, 2.24) is 15.5 Å². The molecule has 0 unspecified atom stereocenters. The fourth-order valence-electron chi connectivity index (χ4n) is 4.43. The summed E-state index contributed by atoms with van der Waals surface area (Å²) < 4.78 is 0. The fraction of sp³-hybridized carbons (Fsp3) is 0.952. The third kappa shape index (κ3) is 6.41. The van der Waals surface area contributed by atoms with Crippen LogP contribution in [0, 0.1) is 11.3 Å². The van der Waals surface area contributed by atoms with E-state index in [9.17, 15) is 5.11 Å². The van der Waals surface area contributed by atoms with Gasteiger partial charge in [-0.15, -0.1) is 0 Å². The molecule has 0 aliphatic heterocycles. The van der Waals surface area contributed by atoms with Gasteiger partial charge < -0.3 is 15.7 Å². The van der Waals surface area contributed by atoms with Crippen LogP contribution in [-0.4, -0.2) is 61.3 Å². The highest BCUT2D eigenvalue weighted by Gasteiger charge is 2.33. The Labute approximate surface area is 160 Å². The molecule has 5 nitrogen and oxygen atoms in total. The lowest BCUT2D eigenvalue weighted by atomic mass is 9.72. The van der Waals surface area contributed by atoms with E-state index in [1.165, 1.54) is 64.3 Å². The average Bonchev–Trinajstić information content (AvgIpc) is 3.54. The van der Waals surface area contributed by atoms with Crippen molar-refractivity contribution in [3.05, 3.63) is 0 Å². The molecule has 3 N–H and O–H groups in total. The van der Waals surface area contributed by atoms with Gasteiger partial charge in [-0.2, -0.15) is 0 Å². The Kier molecular flexibility index (Phi) is 7.62. The van der Waals surface area contributed by atoms with Gasteiger partial charge in [0, 0.05) is 45.4 Å². The van der Waals surface area contributed by atoms with E-state index in [0.717, 1.165) is 50.5 Å². The maximum absolute atomic E-state index is 9.50. The molecule has 3 saturated carbocycles. The van der Waals surface area contributed by atoms with Crippen molar-refractivity contribution in [3.63, 3.8) is 0 Å². The fourth-order valence-corrected chi connectivity index (χ4v) is 4.43. The molecule has 0 amide bonds. The molecule has 3 aliphatic carbocycles. The lowest BCUT2D eigenvalue weighted by molar-refractivity contribution is 0.137. The first-order chi connectivity index (χ1) is 12.7. The summed E-state index contributed by atoms with van der Waals surface area (Å²) in [7, 11) is 0. The number of rotatable bonds is 11. The minimum absolute atomic E-state index is 0.224. The Morgan fingerprint density at radius 1 is 1.12 bits per heavy atom. The summed E-state index contributed by atoms with van der Waals surface area (Å²) in [5.41, 5.74) is 0.224. The predicted octanol–water partition coefficient (Wildman–Crippen LogP) is 2.75. The van der Waals surface area contributed by atoms with Crippen molar-refractivity contribution in [3.8, 4) is 0 Å². The number of nitrogens with one attached hydrogen (secondary N) is 2. The third-order valence-electron chi connectivity index (χ3n) is 6.42. The van der Waals surface area contributed by atoms with Gasteiger partial charge in [-0.05, 0) is 63.2 Å². The Morgan fingerprint density at radius 3 is 2.50 bits per heavy atom. The number of guanidine groups is 1. The van der Waals surface area contributed by atoms with Gasteiger partial charge in [0.25, 0.3) is 0 Å².